The van der Waals surface area contributed by atoms with Crippen molar-refractivity contribution in [1.29, 1.82) is 0 Å². The van der Waals surface area contributed by atoms with Crippen LogP contribution in [0.1, 0.15) is 25.3 Å². The fraction of sp³-hybridized carbons (Fsp3) is 0.667. The highest BCUT2D eigenvalue weighted by molar-refractivity contribution is 5.03. The molecule has 1 aromatic heterocycles. The first-order valence-corrected chi connectivity index (χ1v) is 6.12. The largest absolute Gasteiger partial charge is 0.393 e. The molecule has 1 fully saturated rings. The van der Waals surface area contributed by atoms with E-state index in [2.05, 4.69) is 4.98 Å². The molecule has 2 heterocycles. The van der Waals surface area contributed by atoms with Crippen LogP contribution in [0.25, 0.3) is 0 Å². The minimum Gasteiger partial charge on any atom is -0.393 e. The van der Waals surface area contributed by atoms with Gasteiger partial charge in [-0.1, -0.05) is 6.92 Å². The van der Waals surface area contributed by atoms with Crippen molar-refractivity contribution < 1.29 is 19.3 Å². The van der Waals surface area contributed by atoms with Crippen molar-refractivity contribution >= 4 is 0 Å². The molecule has 0 bridgehead atoms. The SMILES string of the molecule is CC[C@]1(CO)O[C@@H](n2ccc(C)nc2=O)[C@H](F)[C@@H]1O. The molecule has 0 radical (unpaired) electrons. The van der Waals surface area contributed by atoms with Gasteiger partial charge in [0.15, 0.2) is 12.4 Å². The maximum absolute atomic E-state index is 14.1. The van der Waals surface area contributed by atoms with Crippen molar-refractivity contribution in [1.82, 2.24) is 9.55 Å². The molecule has 1 saturated heterocycles. The van der Waals surface area contributed by atoms with Crippen LogP contribution in [0.4, 0.5) is 4.39 Å². The van der Waals surface area contributed by atoms with Crippen LogP contribution in [0.2, 0.25) is 0 Å². The Hall–Kier alpha value is -1.31. The highest BCUT2D eigenvalue weighted by atomic mass is 19.1. The van der Waals surface area contributed by atoms with Gasteiger partial charge < -0.3 is 14.9 Å². The van der Waals surface area contributed by atoms with Gasteiger partial charge in [0.2, 0.25) is 0 Å². The van der Waals surface area contributed by atoms with E-state index >= 15 is 0 Å². The first kappa shape index (κ1) is 14.1. The lowest BCUT2D eigenvalue weighted by Crippen LogP contribution is -2.44. The quantitative estimate of drug-likeness (QED) is 0.804. The normalized spacial score (nSPS) is 34.7. The molecule has 2 N–H and O–H groups in total. The minimum absolute atomic E-state index is 0.232. The molecular weight excluding hydrogens is 255 g/mol. The summed E-state index contributed by atoms with van der Waals surface area (Å²) in [6.07, 6.45) is -2.95. The monoisotopic (exact) mass is 272 g/mol. The number of hydrogen-bond donors (Lipinski definition) is 2. The first-order valence-electron chi connectivity index (χ1n) is 6.12. The Morgan fingerprint density at radius 2 is 2.32 bits per heavy atom. The summed E-state index contributed by atoms with van der Waals surface area (Å²) < 4.78 is 20.6. The van der Waals surface area contributed by atoms with E-state index in [0.717, 1.165) is 4.57 Å². The summed E-state index contributed by atoms with van der Waals surface area (Å²) in [7, 11) is 0. The number of nitrogens with zero attached hydrogens (tertiary/aromatic N) is 2. The summed E-state index contributed by atoms with van der Waals surface area (Å²) in [5.41, 5.74) is -1.52. The molecule has 2 rings (SSSR count). The molecule has 0 amide bonds. The number of halogens is 1. The van der Waals surface area contributed by atoms with Crippen molar-refractivity contribution in [3.63, 3.8) is 0 Å². The lowest BCUT2D eigenvalue weighted by Gasteiger charge is -2.28. The number of rotatable bonds is 3. The van der Waals surface area contributed by atoms with Gasteiger partial charge >= 0.3 is 5.69 Å². The van der Waals surface area contributed by atoms with Crippen LogP contribution in [0.3, 0.4) is 0 Å². The van der Waals surface area contributed by atoms with Gasteiger partial charge in [-0.25, -0.2) is 9.18 Å². The van der Waals surface area contributed by atoms with Crippen molar-refractivity contribution in [2.75, 3.05) is 6.61 Å². The van der Waals surface area contributed by atoms with Crippen LogP contribution in [-0.4, -0.2) is 44.2 Å². The smallest absolute Gasteiger partial charge is 0.349 e. The Morgan fingerprint density at radius 1 is 1.63 bits per heavy atom. The van der Waals surface area contributed by atoms with E-state index in [1.54, 1.807) is 19.9 Å². The topological polar surface area (TPSA) is 84.6 Å². The van der Waals surface area contributed by atoms with Gasteiger partial charge in [0.05, 0.1) is 6.61 Å². The van der Waals surface area contributed by atoms with E-state index in [9.17, 15) is 19.4 Å². The van der Waals surface area contributed by atoms with Crippen LogP contribution in [0, 0.1) is 6.92 Å². The van der Waals surface area contributed by atoms with Crippen molar-refractivity contribution in [2.24, 2.45) is 0 Å². The fourth-order valence-electron chi connectivity index (χ4n) is 2.26. The van der Waals surface area contributed by atoms with E-state index in [-0.39, 0.29) is 6.42 Å². The Balaban J connectivity index is 2.39. The predicted molar refractivity (Wildman–Crippen MR) is 64.4 cm³/mol. The Morgan fingerprint density at radius 3 is 2.79 bits per heavy atom. The van der Waals surface area contributed by atoms with E-state index < -0.39 is 36.4 Å². The predicted octanol–water partition coefficient (Wildman–Crippen LogP) is -0.0794. The Kier molecular flexibility index (Phi) is 3.71. The molecule has 7 heteroatoms. The van der Waals surface area contributed by atoms with Crippen LogP contribution in [0.15, 0.2) is 17.1 Å². The third-order valence-electron chi connectivity index (χ3n) is 3.58. The van der Waals surface area contributed by atoms with Gasteiger partial charge in [-0.3, -0.25) is 4.57 Å². The zero-order chi connectivity index (χ0) is 14.2. The number of aryl methyl sites for hydroxylation is 1. The van der Waals surface area contributed by atoms with Gasteiger partial charge in [0, 0.05) is 11.9 Å². The summed E-state index contributed by atoms with van der Waals surface area (Å²) in [4.78, 5) is 15.4. The number of aliphatic hydroxyl groups is 2. The average molecular weight is 272 g/mol. The fourth-order valence-corrected chi connectivity index (χ4v) is 2.26. The second-order valence-electron chi connectivity index (χ2n) is 4.73. The van der Waals surface area contributed by atoms with E-state index in [4.69, 9.17) is 4.74 Å². The first-order chi connectivity index (χ1) is 8.95. The third-order valence-corrected chi connectivity index (χ3v) is 3.58. The van der Waals surface area contributed by atoms with Gasteiger partial charge in [-0.05, 0) is 19.4 Å². The summed E-state index contributed by atoms with van der Waals surface area (Å²) >= 11 is 0. The molecule has 1 aromatic rings. The molecule has 1 aliphatic heterocycles. The number of aromatic nitrogens is 2. The highest BCUT2D eigenvalue weighted by Crippen LogP contribution is 2.40. The van der Waals surface area contributed by atoms with Crippen LogP contribution in [-0.2, 0) is 4.74 Å². The van der Waals surface area contributed by atoms with Crippen LogP contribution < -0.4 is 5.69 Å². The van der Waals surface area contributed by atoms with E-state index in [1.165, 1.54) is 6.20 Å². The molecule has 4 atom stereocenters. The zero-order valence-electron chi connectivity index (χ0n) is 10.8. The van der Waals surface area contributed by atoms with Crippen LogP contribution in [0.5, 0.6) is 0 Å². The zero-order valence-corrected chi connectivity index (χ0v) is 10.8. The molecule has 19 heavy (non-hydrogen) atoms. The summed E-state index contributed by atoms with van der Waals surface area (Å²) in [6.45, 7) is 2.80. The molecule has 106 valence electrons. The summed E-state index contributed by atoms with van der Waals surface area (Å²) in [5.74, 6) is 0. The van der Waals surface area contributed by atoms with Crippen LogP contribution >= 0.6 is 0 Å². The standard InChI is InChI=1S/C12H17FN2O4/c1-3-12(6-16)9(17)8(13)10(19-12)15-5-4-7(2)14-11(15)18/h4-5,8-10,16-17H,3,6H2,1-2H3/t8-,9+,10-,12-/m1/s1. The van der Waals surface area contributed by atoms with Gasteiger partial charge in [-0.15, -0.1) is 0 Å². The third kappa shape index (κ3) is 2.18. The van der Waals surface area contributed by atoms with Gasteiger partial charge in [-0.2, -0.15) is 4.98 Å². The molecule has 0 saturated carbocycles. The van der Waals surface area contributed by atoms with Crippen molar-refractivity contribution in [3.8, 4) is 0 Å². The molecule has 0 spiro atoms. The number of hydrogen-bond acceptors (Lipinski definition) is 5. The number of alkyl halides is 1. The summed E-state index contributed by atoms with van der Waals surface area (Å²) in [5, 5.41) is 19.2. The number of ether oxygens (including phenoxy) is 1. The van der Waals surface area contributed by atoms with Crippen molar-refractivity contribution in [2.45, 2.75) is 44.4 Å². The lowest BCUT2D eigenvalue weighted by molar-refractivity contribution is -0.130. The van der Waals surface area contributed by atoms with Crippen molar-refractivity contribution in [3.05, 3.63) is 28.4 Å². The Labute approximate surface area is 109 Å². The lowest BCUT2D eigenvalue weighted by atomic mass is 9.94. The second-order valence-corrected chi connectivity index (χ2v) is 4.73. The van der Waals surface area contributed by atoms with Gasteiger partial charge in [0.25, 0.3) is 0 Å². The number of aliphatic hydroxyl groups excluding tert-OH is 2. The summed E-state index contributed by atoms with van der Waals surface area (Å²) in [6, 6.07) is 1.55. The molecule has 0 aromatic carbocycles. The maximum Gasteiger partial charge on any atom is 0.349 e. The van der Waals surface area contributed by atoms with Gasteiger partial charge in [0.1, 0.15) is 11.7 Å². The van der Waals surface area contributed by atoms with E-state index in [1.807, 2.05) is 0 Å². The molecule has 0 aliphatic carbocycles. The minimum atomic E-state index is -1.80. The maximum atomic E-state index is 14.1. The molecule has 1 aliphatic rings. The molecular formula is C12H17FN2O4. The van der Waals surface area contributed by atoms with E-state index in [0.29, 0.717) is 5.69 Å². The molecule has 0 unspecified atom stereocenters. The average Bonchev–Trinajstić information content (AvgIpc) is 2.64. The Bertz CT molecular complexity index is 515. The second kappa shape index (κ2) is 4.99. The highest BCUT2D eigenvalue weighted by Gasteiger charge is 2.54. The molecule has 6 nitrogen and oxygen atoms in total.